The molecule has 0 saturated heterocycles. The first-order valence-corrected chi connectivity index (χ1v) is 8.74. The molecule has 7 heteroatoms. The van der Waals surface area contributed by atoms with E-state index in [0.717, 1.165) is 19.1 Å². The van der Waals surface area contributed by atoms with E-state index in [2.05, 4.69) is 5.32 Å². The molecule has 2 aromatic rings. The molecule has 0 bridgehead atoms. The summed E-state index contributed by atoms with van der Waals surface area (Å²) in [6.07, 6.45) is 0. The van der Waals surface area contributed by atoms with Crippen LogP contribution in [0.2, 0.25) is 0 Å². The molecule has 0 unspecified atom stereocenters. The van der Waals surface area contributed by atoms with E-state index in [1.54, 1.807) is 30.3 Å². The van der Waals surface area contributed by atoms with Gasteiger partial charge in [0.1, 0.15) is 0 Å². The smallest absolute Gasteiger partial charge is 0.344 e. The quantitative estimate of drug-likeness (QED) is 0.456. The molecule has 136 valence electrons. The van der Waals surface area contributed by atoms with Gasteiger partial charge in [-0.1, -0.05) is 36.4 Å². The van der Waals surface area contributed by atoms with E-state index in [0.29, 0.717) is 5.56 Å². The number of hydrogen-bond acceptors (Lipinski definition) is 6. The maximum Gasteiger partial charge on any atom is 0.344 e. The van der Waals surface area contributed by atoms with Crippen LogP contribution >= 0.6 is 11.8 Å². The second-order valence-corrected chi connectivity index (χ2v) is 6.36. The zero-order valence-electron chi connectivity index (χ0n) is 14.4. The summed E-state index contributed by atoms with van der Waals surface area (Å²) in [6, 6.07) is 17.5. The number of amides is 1. The number of esters is 2. The lowest BCUT2D eigenvalue weighted by molar-refractivity contribution is -0.161. The van der Waals surface area contributed by atoms with Gasteiger partial charge in [0.05, 0.1) is 14.2 Å². The number of thioether (sulfide) groups is 1. The third kappa shape index (κ3) is 4.43. The van der Waals surface area contributed by atoms with Gasteiger partial charge >= 0.3 is 11.9 Å². The zero-order valence-corrected chi connectivity index (χ0v) is 15.2. The molecule has 0 aliphatic heterocycles. The lowest BCUT2D eigenvalue weighted by atomic mass is 10.0. The molecule has 0 heterocycles. The first-order chi connectivity index (χ1) is 12.5. The van der Waals surface area contributed by atoms with Crippen LogP contribution in [0.1, 0.15) is 10.4 Å². The van der Waals surface area contributed by atoms with Gasteiger partial charge in [0.2, 0.25) is 5.54 Å². The molecule has 2 aromatic carbocycles. The predicted octanol–water partition coefficient (Wildman–Crippen LogP) is 2.29. The van der Waals surface area contributed by atoms with Crippen LogP contribution in [-0.4, -0.2) is 43.4 Å². The van der Waals surface area contributed by atoms with Crippen LogP contribution in [0.5, 0.6) is 0 Å². The van der Waals surface area contributed by atoms with Crippen molar-refractivity contribution in [2.45, 2.75) is 10.4 Å². The SMILES string of the molecule is COC(=O)C(CSc1ccccc1)(NC(=O)c1ccccc1)C(=O)OC. The Morgan fingerprint density at radius 3 is 1.88 bits per heavy atom. The molecular formula is C19H19NO5S. The minimum absolute atomic E-state index is 0.0745. The topological polar surface area (TPSA) is 81.7 Å². The van der Waals surface area contributed by atoms with Crippen molar-refractivity contribution in [1.82, 2.24) is 5.32 Å². The summed E-state index contributed by atoms with van der Waals surface area (Å²) in [6.45, 7) is 0. The van der Waals surface area contributed by atoms with Gasteiger partial charge in [0.15, 0.2) is 0 Å². The van der Waals surface area contributed by atoms with E-state index in [1.807, 2.05) is 30.3 Å². The Labute approximate surface area is 155 Å². The summed E-state index contributed by atoms with van der Waals surface area (Å²) in [5.74, 6) is -2.43. The van der Waals surface area contributed by atoms with Crippen LogP contribution in [0.15, 0.2) is 65.6 Å². The molecule has 0 aromatic heterocycles. The normalized spacial score (nSPS) is 10.7. The molecule has 2 rings (SSSR count). The van der Waals surface area contributed by atoms with Gasteiger partial charge in [0.25, 0.3) is 5.91 Å². The number of hydrogen-bond donors (Lipinski definition) is 1. The van der Waals surface area contributed by atoms with Crippen LogP contribution < -0.4 is 5.32 Å². The summed E-state index contributed by atoms with van der Waals surface area (Å²) in [5.41, 5.74) is -1.65. The Balaban J connectivity index is 2.33. The summed E-state index contributed by atoms with van der Waals surface area (Å²) < 4.78 is 9.59. The minimum atomic E-state index is -1.96. The highest BCUT2D eigenvalue weighted by Crippen LogP contribution is 2.25. The second-order valence-electron chi connectivity index (χ2n) is 5.31. The number of rotatable bonds is 7. The average Bonchev–Trinajstić information content (AvgIpc) is 2.71. The first-order valence-electron chi connectivity index (χ1n) is 7.75. The largest absolute Gasteiger partial charge is 0.467 e. The van der Waals surface area contributed by atoms with Gasteiger partial charge in [-0.25, -0.2) is 9.59 Å². The van der Waals surface area contributed by atoms with Crippen molar-refractivity contribution in [3.8, 4) is 0 Å². The Hall–Kier alpha value is -2.80. The molecule has 0 spiro atoms. The van der Waals surface area contributed by atoms with Crippen LogP contribution in [0.4, 0.5) is 0 Å². The standard InChI is InChI=1S/C19H19NO5S/c1-24-17(22)19(18(23)25-2,13-26-15-11-7-4-8-12-15)20-16(21)14-9-5-3-6-10-14/h3-12H,13H2,1-2H3,(H,20,21). The average molecular weight is 373 g/mol. The van der Waals surface area contributed by atoms with Crippen LogP contribution in [-0.2, 0) is 19.1 Å². The highest BCUT2D eigenvalue weighted by molar-refractivity contribution is 7.99. The van der Waals surface area contributed by atoms with E-state index in [1.165, 1.54) is 11.8 Å². The lowest BCUT2D eigenvalue weighted by Crippen LogP contribution is -2.63. The molecule has 0 aliphatic rings. The van der Waals surface area contributed by atoms with Crippen molar-refractivity contribution in [3.05, 3.63) is 66.2 Å². The molecule has 6 nitrogen and oxygen atoms in total. The molecule has 0 fully saturated rings. The molecule has 1 N–H and O–H groups in total. The van der Waals surface area contributed by atoms with Crippen LogP contribution in [0.25, 0.3) is 0 Å². The number of benzene rings is 2. The summed E-state index contributed by atoms with van der Waals surface area (Å²) in [4.78, 5) is 38.4. The molecule has 26 heavy (non-hydrogen) atoms. The van der Waals surface area contributed by atoms with Gasteiger partial charge in [-0.15, -0.1) is 11.8 Å². The second kappa shape index (κ2) is 9.05. The fourth-order valence-corrected chi connectivity index (χ4v) is 3.29. The number of carbonyl (C=O) groups excluding carboxylic acids is 3. The van der Waals surface area contributed by atoms with E-state index in [-0.39, 0.29) is 5.75 Å². The van der Waals surface area contributed by atoms with E-state index >= 15 is 0 Å². The highest BCUT2D eigenvalue weighted by Gasteiger charge is 2.50. The molecule has 0 atom stereocenters. The number of methoxy groups -OCH3 is 2. The van der Waals surface area contributed by atoms with Crippen molar-refractivity contribution in [2.75, 3.05) is 20.0 Å². The van der Waals surface area contributed by atoms with E-state index < -0.39 is 23.4 Å². The van der Waals surface area contributed by atoms with Gasteiger partial charge in [-0.2, -0.15) is 0 Å². The van der Waals surface area contributed by atoms with E-state index in [9.17, 15) is 14.4 Å². The minimum Gasteiger partial charge on any atom is -0.467 e. The van der Waals surface area contributed by atoms with Gasteiger partial charge < -0.3 is 14.8 Å². The zero-order chi connectivity index (χ0) is 19.0. The Morgan fingerprint density at radius 1 is 0.885 bits per heavy atom. The number of carbonyl (C=O) groups is 3. The van der Waals surface area contributed by atoms with Crippen molar-refractivity contribution < 1.29 is 23.9 Å². The van der Waals surface area contributed by atoms with E-state index in [4.69, 9.17) is 9.47 Å². The predicted molar refractivity (Wildman–Crippen MR) is 97.8 cm³/mol. The summed E-state index contributed by atoms with van der Waals surface area (Å²) >= 11 is 1.24. The summed E-state index contributed by atoms with van der Waals surface area (Å²) in [5, 5.41) is 2.51. The fourth-order valence-electron chi connectivity index (χ4n) is 2.25. The van der Waals surface area contributed by atoms with Gasteiger partial charge in [-0.05, 0) is 24.3 Å². The maximum atomic E-state index is 12.6. The van der Waals surface area contributed by atoms with Crippen molar-refractivity contribution >= 4 is 29.6 Å². The molecule has 0 aliphatic carbocycles. The number of ether oxygens (including phenoxy) is 2. The Bertz CT molecular complexity index is 748. The maximum absolute atomic E-state index is 12.6. The van der Waals surface area contributed by atoms with Gasteiger partial charge in [-0.3, -0.25) is 4.79 Å². The summed E-state index contributed by atoms with van der Waals surface area (Å²) in [7, 11) is 2.31. The monoisotopic (exact) mass is 373 g/mol. The van der Waals surface area contributed by atoms with Crippen molar-refractivity contribution in [3.63, 3.8) is 0 Å². The first kappa shape index (κ1) is 19.5. The fraction of sp³-hybridized carbons (Fsp3) is 0.211. The Morgan fingerprint density at radius 2 is 1.38 bits per heavy atom. The van der Waals surface area contributed by atoms with Crippen LogP contribution in [0.3, 0.4) is 0 Å². The molecule has 0 saturated carbocycles. The molecular weight excluding hydrogens is 354 g/mol. The third-order valence-corrected chi connectivity index (χ3v) is 4.81. The molecule has 0 radical (unpaired) electrons. The third-order valence-electron chi connectivity index (χ3n) is 3.63. The Kier molecular flexibility index (Phi) is 6.80. The highest BCUT2D eigenvalue weighted by atomic mass is 32.2. The van der Waals surface area contributed by atoms with Crippen molar-refractivity contribution in [2.24, 2.45) is 0 Å². The van der Waals surface area contributed by atoms with Gasteiger partial charge in [0, 0.05) is 16.2 Å². The van der Waals surface area contributed by atoms with Crippen molar-refractivity contribution in [1.29, 1.82) is 0 Å². The number of nitrogens with one attached hydrogen (secondary N) is 1. The lowest BCUT2D eigenvalue weighted by Gasteiger charge is -2.28. The molecule has 1 amide bonds. The van der Waals surface area contributed by atoms with Crippen LogP contribution in [0, 0.1) is 0 Å².